The summed E-state index contributed by atoms with van der Waals surface area (Å²) in [6.07, 6.45) is 20.2. The first-order valence-electron chi connectivity index (χ1n) is 40.5. The van der Waals surface area contributed by atoms with E-state index in [1.54, 1.807) is 55.0 Å². The number of benzene rings is 6. The van der Waals surface area contributed by atoms with Crippen molar-refractivity contribution in [3.8, 4) is 34.5 Å². The Bertz CT molecular complexity index is 5330. The van der Waals surface area contributed by atoms with Gasteiger partial charge in [0.25, 0.3) is 0 Å². The Morgan fingerprint density at radius 1 is 0.416 bits per heavy atom. The van der Waals surface area contributed by atoms with E-state index in [2.05, 4.69) is 91.8 Å². The Morgan fingerprint density at radius 2 is 0.720 bits per heavy atom. The number of hydrogen-bond acceptors (Lipinski definition) is 28. The van der Waals surface area contributed by atoms with E-state index in [1.165, 1.54) is 109 Å². The van der Waals surface area contributed by atoms with E-state index in [9.17, 15) is 40.7 Å². The van der Waals surface area contributed by atoms with Crippen LogP contribution in [0.2, 0.25) is 0 Å². The molecule has 0 spiro atoms. The number of ether oxygens (including phenoxy) is 6. The lowest BCUT2D eigenvalue weighted by Crippen LogP contribution is -2.36. The third-order valence-corrected chi connectivity index (χ3v) is 22.8. The fraction of sp³-hybridized carbons (Fsp3) is 0.357. The van der Waals surface area contributed by atoms with Crippen molar-refractivity contribution in [2.45, 2.75) is 95.5 Å². The van der Waals surface area contributed by atoms with Crippen LogP contribution in [0.15, 0.2) is 147 Å². The molecule has 6 N–H and O–H groups in total. The van der Waals surface area contributed by atoms with Crippen LogP contribution in [-0.4, -0.2) is 210 Å². The second-order valence-corrected chi connectivity index (χ2v) is 31.4. The second kappa shape index (κ2) is 40.6. The standard InChI is InChI=1S/C84H90F6N21O13P/c1-116-70-31-58-67(91-49-94-82(58)100-52-37-97-109(40-52)43-76(112)103-64-19-4-16-61(85)79(64)88)34-73(70)119-28-10-25-106-22-7-13-55(106)46-122-125(115,123-47-56-14-8-23-107(56)26-11-29-120-74-35-68-59(32-71(74)117-2)83(95-50-92-68)101-53-38-98-110(41-53)44-77(113)104-65-20-5-17-62(86)80(65)89)124-48-57-15-9-24-108(57)27-12-30-121-75-36-69-60(33-72(75)118-3)84(96-51-93-69)102-54-39-99-111(42-54)45-78(114)105-66-21-6-18-63(87)81(66)90/h4-6,16-21,31-42,49-51,55-57H,7-15,22-30,43-48H2,1-3H3,(H,103,112)(H,104,113)(H,105,114)(H,91,94,100)(H,92,95,101)(H,93,96,102)/t55-,56-,57-/m0/s1. The molecule has 9 heterocycles. The number of methoxy groups -OCH3 is 3. The number of anilines is 9. The van der Waals surface area contributed by atoms with Crippen LogP contribution in [-0.2, 0) is 52.2 Å². The van der Waals surface area contributed by atoms with E-state index in [1.807, 2.05) is 0 Å². The second-order valence-electron chi connectivity index (χ2n) is 29.8. The zero-order chi connectivity index (χ0) is 86.9. The zero-order valence-electron chi connectivity index (χ0n) is 68.3. The fourth-order valence-electron chi connectivity index (χ4n) is 15.2. The third-order valence-electron chi connectivity index (χ3n) is 21.4. The summed E-state index contributed by atoms with van der Waals surface area (Å²) in [5.41, 5.74) is 2.25. The van der Waals surface area contributed by atoms with E-state index >= 15 is 4.57 Å². The molecule has 656 valence electrons. The van der Waals surface area contributed by atoms with Gasteiger partial charge in [-0.3, -0.25) is 56.7 Å². The SMILES string of the molecule is COc1cc2c(Nc3cnn(CC(=O)Nc4cccc(F)c4F)c3)ncnc2cc1OCCCN1CCC[C@H]1COP(=O)(OC[C@@H]1CCCN1CCCOc1cc2ncnc(Nc3cnn(CC(=O)Nc4cccc(F)c4F)c3)c2cc1OC)OC[C@@H]1CCCN1CCCOc1cc2ncnc(Nc3cnn(CC(=O)Nc4cccc(F)c4F)c3)c2cc1OC. The molecule has 125 heavy (non-hydrogen) atoms. The van der Waals surface area contributed by atoms with E-state index < -0.39 is 60.4 Å². The first-order valence-corrected chi connectivity index (χ1v) is 42.0. The highest BCUT2D eigenvalue weighted by Gasteiger charge is 2.37. The molecule has 3 saturated heterocycles. The van der Waals surface area contributed by atoms with Gasteiger partial charge >= 0.3 is 7.82 Å². The van der Waals surface area contributed by atoms with Crippen molar-refractivity contribution in [1.29, 1.82) is 0 Å². The van der Waals surface area contributed by atoms with Crippen molar-refractivity contribution in [3.05, 3.63) is 182 Å². The molecule has 15 rings (SSSR count). The Kier molecular flexibility index (Phi) is 28.3. The number of carbonyl (C=O) groups excluding carboxylic acids is 3. The van der Waals surface area contributed by atoms with E-state index in [0.29, 0.717) is 160 Å². The van der Waals surface area contributed by atoms with Crippen LogP contribution in [0, 0.1) is 34.9 Å². The molecule has 6 aromatic heterocycles. The van der Waals surface area contributed by atoms with Crippen molar-refractivity contribution in [2.75, 3.05) is 132 Å². The van der Waals surface area contributed by atoms with Gasteiger partial charge < -0.3 is 60.3 Å². The number of phosphoric ester groups is 1. The molecule has 0 radical (unpaired) electrons. The maximum Gasteiger partial charge on any atom is 0.474 e. The number of hydrogen-bond donors (Lipinski definition) is 6. The summed E-state index contributed by atoms with van der Waals surface area (Å²) in [5.74, 6) is -4.67. The quantitative estimate of drug-likeness (QED) is 0.0118. The third kappa shape index (κ3) is 22.0. The van der Waals surface area contributed by atoms with Gasteiger partial charge in [0.05, 0.1) is 130 Å². The van der Waals surface area contributed by atoms with Gasteiger partial charge in [0, 0.05) is 90.7 Å². The predicted octanol–water partition coefficient (Wildman–Crippen LogP) is 13.4. The molecule has 0 unspecified atom stereocenters. The molecule has 6 aromatic carbocycles. The van der Waals surface area contributed by atoms with Crippen molar-refractivity contribution in [2.24, 2.45) is 0 Å². The Morgan fingerprint density at radius 3 is 1.02 bits per heavy atom. The summed E-state index contributed by atoms with van der Waals surface area (Å²) in [4.78, 5) is 72.0. The van der Waals surface area contributed by atoms with Crippen LogP contribution < -0.4 is 60.3 Å². The molecule has 0 saturated carbocycles. The monoisotopic (exact) mass is 1750 g/mol. The van der Waals surface area contributed by atoms with E-state index in [0.717, 1.165) is 76.4 Å². The zero-order valence-corrected chi connectivity index (χ0v) is 69.2. The van der Waals surface area contributed by atoms with Gasteiger partial charge in [-0.05, 0) is 132 Å². The van der Waals surface area contributed by atoms with Gasteiger partial charge in [0.2, 0.25) is 17.7 Å². The molecule has 41 heteroatoms. The number of halogens is 6. The summed E-state index contributed by atoms with van der Waals surface area (Å²) >= 11 is 0. The maximum atomic E-state index is 15.4. The topological polar surface area (TPSA) is 364 Å². The molecule has 3 atom stereocenters. The Labute approximate surface area is 712 Å². The highest BCUT2D eigenvalue weighted by molar-refractivity contribution is 7.48. The van der Waals surface area contributed by atoms with Crippen molar-refractivity contribution in [3.63, 3.8) is 0 Å². The maximum absolute atomic E-state index is 15.4. The van der Waals surface area contributed by atoms with Gasteiger partial charge in [-0.1, -0.05) is 18.2 Å². The number of carbonyl (C=O) groups is 3. The highest BCUT2D eigenvalue weighted by Crippen LogP contribution is 2.51. The summed E-state index contributed by atoms with van der Waals surface area (Å²) in [6, 6.07) is 20.8. The van der Waals surface area contributed by atoms with Crippen LogP contribution in [0.1, 0.15) is 57.8 Å². The number of amides is 3. The molecule has 0 bridgehead atoms. The number of phosphoric acid groups is 1. The van der Waals surface area contributed by atoms with Crippen LogP contribution in [0.25, 0.3) is 32.7 Å². The van der Waals surface area contributed by atoms with Gasteiger partial charge in [0.15, 0.2) is 69.4 Å². The number of nitrogens with one attached hydrogen (secondary N) is 6. The first kappa shape index (κ1) is 87.1. The smallest absolute Gasteiger partial charge is 0.474 e. The summed E-state index contributed by atoms with van der Waals surface area (Å²) < 4.78 is 160. The summed E-state index contributed by atoms with van der Waals surface area (Å²) in [6.45, 7) is 4.57. The lowest BCUT2D eigenvalue weighted by atomic mass is 10.2. The lowest BCUT2D eigenvalue weighted by Gasteiger charge is -2.30. The van der Waals surface area contributed by atoms with Crippen molar-refractivity contribution < 1.29 is 87.3 Å². The van der Waals surface area contributed by atoms with Crippen molar-refractivity contribution >= 4 is 110 Å². The number of fused-ring (bicyclic) bond motifs is 3. The number of likely N-dealkylation sites (tertiary alicyclic amines) is 3. The van der Waals surface area contributed by atoms with Gasteiger partial charge in [0.1, 0.15) is 56.1 Å². The summed E-state index contributed by atoms with van der Waals surface area (Å²) in [5, 5.41) is 31.3. The summed E-state index contributed by atoms with van der Waals surface area (Å²) in [7, 11) is 0.357. The van der Waals surface area contributed by atoms with Crippen molar-refractivity contribution in [1.82, 2.24) is 73.9 Å². The predicted molar refractivity (Wildman–Crippen MR) is 449 cm³/mol. The average molecular weight is 1750 g/mol. The van der Waals surface area contributed by atoms with Crippen LogP contribution in [0.5, 0.6) is 34.5 Å². The largest absolute Gasteiger partial charge is 0.493 e. The Hall–Kier alpha value is -12.9. The van der Waals surface area contributed by atoms with Gasteiger partial charge in [-0.25, -0.2) is 60.8 Å². The molecule has 3 fully saturated rings. The van der Waals surface area contributed by atoms with E-state index in [-0.39, 0.29) is 74.6 Å². The molecule has 3 amide bonds. The first-order chi connectivity index (χ1) is 60.8. The Balaban J connectivity index is 0.557. The molecule has 34 nitrogen and oxygen atoms in total. The molecule has 0 aliphatic carbocycles. The minimum absolute atomic E-state index is 0.0839. The minimum Gasteiger partial charge on any atom is -0.493 e. The average Bonchev–Trinajstić information content (AvgIpc) is 1.71. The minimum atomic E-state index is -4.24. The molecule has 3 aliphatic rings. The van der Waals surface area contributed by atoms with Gasteiger partial charge in [-0.2, -0.15) is 15.3 Å². The highest BCUT2D eigenvalue weighted by atomic mass is 31.2. The van der Waals surface area contributed by atoms with Crippen LogP contribution in [0.4, 0.5) is 77.9 Å². The molecular formula is C84H90F6N21O13P. The van der Waals surface area contributed by atoms with Gasteiger partial charge in [-0.15, -0.1) is 0 Å². The fourth-order valence-corrected chi connectivity index (χ4v) is 16.5. The molecule has 12 aromatic rings. The number of aromatic nitrogens is 12. The van der Waals surface area contributed by atoms with Crippen LogP contribution in [0.3, 0.4) is 0 Å². The van der Waals surface area contributed by atoms with E-state index in [4.69, 9.17) is 42.0 Å². The molecule has 3 aliphatic heterocycles. The number of rotatable bonds is 42. The molecular weight excluding hydrogens is 1660 g/mol. The normalized spacial score (nSPS) is 15.6. The van der Waals surface area contributed by atoms with Crippen LogP contribution >= 0.6 is 7.82 Å². The lowest BCUT2D eigenvalue weighted by molar-refractivity contribution is -0.117. The number of nitrogens with zero attached hydrogens (tertiary/aromatic N) is 15.